The van der Waals surface area contributed by atoms with Crippen molar-refractivity contribution in [1.82, 2.24) is 0 Å². The van der Waals surface area contributed by atoms with E-state index in [1.807, 2.05) is 0 Å². The van der Waals surface area contributed by atoms with E-state index in [4.69, 9.17) is 0 Å². The van der Waals surface area contributed by atoms with Crippen molar-refractivity contribution >= 4 is 60.8 Å². The van der Waals surface area contributed by atoms with E-state index >= 15 is 0 Å². The van der Waals surface area contributed by atoms with Gasteiger partial charge in [0.1, 0.15) is 0 Å². The first-order valence-electron chi connectivity index (χ1n) is 5.22. The summed E-state index contributed by atoms with van der Waals surface area (Å²) in [7, 11) is 0. The van der Waals surface area contributed by atoms with Crippen LogP contribution in [0.4, 0.5) is 0 Å². The van der Waals surface area contributed by atoms with Gasteiger partial charge in [-0.1, -0.05) is 24.3 Å². The number of halogens is 1. The third-order valence-electron chi connectivity index (χ3n) is 2.57. The Morgan fingerprint density at radius 3 is 2.71 bits per heavy atom. The lowest BCUT2D eigenvalue weighted by Gasteiger charge is -1.91. The highest BCUT2D eigenvalue weighted by atomic mass is 79.9. The van der Waals surface area contributed by atoms with E-state index in [2.05, 4.69) is 69.2 Å². The fourth-order valence-corrected chi connectivity index (χ4v) is 4.04. The van der Waals surface area contributed by atoms with Crippen molar-refractivity contribution in [3.63, 3.8) is 0 Å². The van der Waals surface area contributed by atoms with Crippen LogP contribution in [0.5, 0.6) is 0 Å². The Labute approximate surface area is 116 Å². The molecule has 0 radical (unpaired) electrons. The molecule has 0 saturated heterocycles. The highest BCUT2D eigenvalue weighted by Crippen LogP contribution is 2.29. The van der Waals surface area contributed by atoms with Crippen LogP contribution in [0.25, 0.3) is 22.2 Å². The summed E-state index contributed by atoms with van der Waals surface area (Å²) >= 11 is 7.08. The zero-order chi connectivity index (χ0) is 11.7. The number of rotatable bonds is 2. The molecule has 3 heteroatoms. The third-order valence-corrected chi connectivity index (χ3v) is 5.39. The largest absolute Gasteiger partial charge is 0.143 e. The van der Waals surface area contributed by atoms with Gasteiger partial charge in [-0.05, 0) is 55.8 Å². The Kier molecular flexibility index (Phi) is 3.14. The first-order chi connectivity index (χ1) is 8.34. The van der Waals surface area contributed by atoms with Gasteiger partial charge in [-0.25, -0.2) is 0 Å². The summed E-state index contributed by atoms with van der Waals surface area (Å²) in [6.45, 7) is 0. The van der Waals surface area contributed by atoms with Gasteiger partial charge in [0.15, 0.2) is 0 Å². The van der Waals surface area contributed by atoms with Crippen LogP contribution < -0.4 is 0 Å². The lowest BCUT2D eigenvalue weighted by atomic mass is 10.1. The van der Waals surface area contributed by atoms with Crippen LogP contribution in [0.3, 0.4) is 0 Å². The minimum absolute atomic E-state index is 1.17. The molecule has 3 rings (SSSR count). The summed E-state index contributed by atoms with van der Waals surface area (Å²) in [5, 5.41) is 5.64. The van der Waals surface area contributed by atoms with Gasteiger partial charge in [-0.15, -0.1) is 22.7 Å². The number of fused-ring (bicyclic) bond motifs is 1. The quantitative estimate of drug-likeness (QED) is 0.551. The van der Waals surface area contributed by atoms with Crippen LogP contribution in [-0.4, -0.2) is 0 Å². The molecule has 0 spiro atoms. The molecule has 0 aliphatic heterocycles. The third kappa shape index (κ3) is 2.23. The van der Waals surface area contributed by atoms with Gasteiger partial charge in [0.2, 0.25) is 0 Å². The molecule has 0 aliphatic rings. The van der Waals surface area contributed by atoms with Gasteiger partial charge in [0, 0.05) is 14.0 Å². The van der Waals surface area contributed by atoms with Crippen LogP contribution >= 0.6 is 38.6 Å². The highest BCUT2D eigenvalue weighted by molar-refractivity contribution is 9.10. The van der Waals surface area contributed by atoms with Crippen molar-refractivity contribution in [3.8, 4) is 0 Å². The lowest BCUT2D eigenvalue weighted by molar-refractivity contribution is 1.82. The van der Waals surface area contributed by atoms with Gasteiger partial charge in [0.05, 0.1) is 0 Å². The summed E-state index contributed by atoms with van der Waals surface area (Å²) in [6, 6.07) is 10.6. The molecule has 0 unspecified atom stereocenters. The highest BCUT2D eigenvalue weighted by Gasteiger charge is 2.00. The number of thiophene rings is 2. The van der Waals surface area contributed by atoms with Crippen LogP contribution in [0.2, 0.25) is 0 Å². The van der Waals surface area contributed by atoms with Crippen LogP contribution in [0.1, 0.15) is 10.4 Å². The fraction of sp³-hybridized carbons (Fsp3) is 0. The predicted molar refractivity (Wildman–Crippen MR) is 82.8 cm³/mol. The minimum Gasteiger partial charge on any atom is -0.143 e. The van der Waals surface area contributed by atoms with Crippen molar-refractivity contribution in [2.75, 3.05) is 0 Å². The van der Waals surface area contributed by atoms with Gasteiger partial charge < -0.3 is 0 Å². The van der Waals surface area contributed by atoms with Crippen molar-refractivity contribution in [2.45, 2.75) is 0 Å². The average molecular weight is 321 g/mol. The van der Waals surface area contributed by atoms with Crippen LogP contribution in [-0.2, 0) is 0 Å². The molecule has 0 amide bonds. The molecule has 17 heavy (non-hydrogen) atoms. The Morgan fingerprint density at radius 1 is 1.00 bits per heavy atom. The Bertz CT molecular complexity index is 676. The molecule has 84 valence electrons. The maximum atomic E-state index is 3.54. The van der Waals surface area contributed by atoms with E-state index in [1.54, 1.807) is 22.7 Å². The molecule has 0 saturated carbocycles. The van der Waals surface area contributed by atoms with Crippen LogP contribution in [0, 0.1) is 0 Å². The van der Waals surface area contributed by atoms with E-state index < -0.39 is 0 Å². The van der Waals surface area contributed by atoms with Crippen molar-refractivity contribution in [3.05, 3.63) is 56.0 Å². The zero-order valence-corrected chi connectivity index (χ0v) is 12.1. The molecule has 3 aromatic rings. The molecule has 2 aromatic heterocycles. The van der Waals surface area contributed by atoms with Crippen molar-refractivity contribution in [1.29, 1.82) is 0 Å². The monoisotopic (exact) mass is 320 g/mol. The number of hydrogen-bond acceptors (Lipinski definition) is 2. The zero-order valence-electron chi connectivity index (χ0n) is 8.89. The maximum absolute atomic E-state index is 3.54. The van der Waals surface area contributed by atoms with E-state index in [9.17, 15) is 0 Å². The molecule has 0 atom stereocenters. The summed E-state index contributed by atoms with van der Waals surface area (Å²) in [5.41, 5.74) is 1.30. The second kappa shape index (κ2) is 4.77. The van der Waals surface area contributed by atoms with Crippen molar-refractivity contribution < 1.29 is 0 Å². The van der Waals surface area contributed by atoms with E-state index in [-0.39, 0.29) is 0 Å². The first-order valence-corrected chi connectivity index (χ1v) is 7.77. The Balaban J connectivity index is 2.00. The molecule has 0 aliphatic carbocycles. The maximum Gasteiger partial charge on any atom is 0.0412 e. The Hall–Kier alpha value is -0.900. The average Bonchev–Trinajstić information content (AvgIpc) is 2.93. The lowest BCUT2D eigenvalue weighted by Crippen LogP contribution is -1.67. The molecule has 1 aromatic carbocycles. The summed E-state index contributed by atoms with van der Waals surface area (Å²) in [6.07, 6.45) is 4.36. The molecular weight excluding hydrogens is 312 g/mol. The summed E-state index contributed by atoms with van der Waals surface area (Å²) < 4.78 is 2.51. The number of hydrogen-bond donors (Lipinski definition) is 0. The van der Waals surface area contributed by atoms with Crippen molar-refractivity contribution in [2.24, 2.45) is 0 Å². The van der Waals surface area contributed by atoms with Gasteiger partial charge in [-0.2, -0.15) is 0 Å². The van der Waals surface area contributed by atoms with Gasteiger partial charge in [-0.3, -0.25) is 0 Å². The fourth-order valence-electron chi connectivity index (χ4n) is 1.72. The van der Waals surface area contributed by atoms with E-state index in [0.717, 1.165) is 0 Å². The van der Waals surface area contributed by atoms with E-state index in [0.29, 0.717) is 0 Å². The minimum atomic E-state index is 1.17. The smallest absolute Gasteiger partial charge is 0.0412 e. The topological polar surface area (TPSA) is 0 Å². The summed E-state index contributed by atoms with van der Waals surface area (Å²) in [4.78, 5) is 1.26. The van der Waals surface area contributed by atoms with Gasteiger partial charge in [0.25, 0.3) is 0 Å². The molecular formula is C14H9BrS2. The standard InChI is InChI=1S/C14H9BrS2/c15-12-7-8-16-14(12)6-5-10-9-17-13-4-2-1-3-11(10)13/h1-9H. The molecule has 0 N–H and O–H groups in total. The molecule has 0 nitrogen and oxygen atoms in total. The van der Waals surface area contributed by atoms with Gasteiger partial charge >= 0.3 is 0 Å². The van der Waals surface area contributed by atoms with E-state index in [1.165, 1.54) is 25.0 Å². The SMILES string of the molecule is Brc1ccsc1C=Cc1csc2ccccc12. The second-order valence-corrected chi connectivity index (χ2v) is 6.37. The van der Waals surface area contributed by atoms with Crippen LogP contribution in [0.15, 0.2) is 45.6 Å². The second-order valence-electron chi connectivity index (χ2n) is 3.65. The molecule has 2 heterocycles. The Morgan fingerprint density at radius 2 is 1.88 bits per heavy atom. The molecule has 0 fully saturated rings. The number of benzene rings is 1. The molecule has 0 bridgehead atoms. The summed E-state index contributed by atoms with van der Waals surface area (Å²) in [5.74, 6) is 0. The normalized spacial score (nSPS) is 11.6. The first kappa shape index (κ1) is 11.2. The predicted octanol–water partition coefficient (Wildman–Crippen LogP) is 5.90.